The Balaban J connectivity index is 1.97. The van der Waals surface area contributed by atoms with Gasteiger partial charge in [-0.05, 0) is 0 Å². The molecule has 1 fully saturated rings. The van der Waals surface area contributed by atoms with Crippen molar-refractivity contribution in [3.63, 3.8) is 0 Å². The molecule has 0 spiro atoms. The predicted octanol–water partition coefficient (Wildman–Crippen LogP) is 0.699. The van der Waals surface area contributed by atoms with Crippen molar-refractivity contribution < 1.29 is 18.0 Å². The van der Waals surface area contributed by atoms with Gasteiger partial charge in [0, 0.05) is 48.7 Å². The molecular weight excluding hydrogens is 257 g/mol. The molecule has 1 saturated heterocycles. The molecule has 1 unspecified atom stereocenters. The lowest BCUT2D eigenvalue weighted by atomic mass is 10.4. The van der Waals surface area contributed by atoms with Gasteiger partial charge in [-0.2, -0.15) is 5.01 Å². The SMILES string of the molecule is O=CN1CCN(S2=NN(C(F)(F)F)C=C2)CC1. The molecular formula is C8H11F3N4OS. The molecule has 2 heterocycles. The van der Waals surface area contributed by atoms with Gasteiger partial charge >= 0.3 is 6.30 Å². The quantitative estimate of drug-likeness (QED) is 0.546. The molecule has 0 aromatic rings. The number of nitrogens with zero attached hydrogens (tertiary/aromatic N) is 4. The first-order valence-electron chi connectivity index (χ1n) is 4.94. The molecule has 96 valence electrons. The maximum Gasteiger partial charge on any atom is 0.505 e. The zero-order valence-electron chi connectivity index (χ0n) is 8.80. The molecule has 5 nitrogen and oxygen atoms in total. The predicted molar refractivity (Wildman–Crippen MR) is 56.0 cm³/mol. The van der Waals surface area contributed by atoms with Crippen molar-refractivity contribution in [3.05, 3.63) is 11.6 Å². The zero-order valence-corrected chi connectivity index (χ0v) is 9.62. The number of hydrogen-bond acceptors (Lipinski definition) is 4. The van der Waals surface area contributed by atoms with E-state index in [0.717, 1.165) is 12.6 Å². The molecule has 0 bridgehead atoms. The maximum absolute atomic E-state index is 12.3. The van der Waals surface area contributed by atoms with Crippen LogP contribution in [0, 0.1) is 0 Å². The van der Waals surface area contributed by atoms with Crippen LogP contribution in [0.1, 0.15) is 0 Å². The van der Waals surface area contributed by atoms with Crippen LogP contribution in [0.2, 0.25) is 0 Å². The standard InChI is InChI=1S/C8H11F3N4OS/c9-8(10,11)15-5-6-17(12-15)14-3-1-13(7-16)2-4-14/h5-7H,1-4H2. The number of rotatable bonds is 2. The number of piperazine rings is 1. The Bertz CT molecular complexity index is 362. The Labute approximate surface area is 98.7 Å². The van der Waals surface area contributed by atoms with Crippen molar-refractivity contribution in [3.8, 4) is 0 Å². The smallest absolute Gasteiger partial charge is 0.343 e. The lowest BCUT2D eigenvalue weighted by Gasteiger charge is -2.31. The second kappa shape index (κ2) is 4.65. The molecule has 2 aliphatic heterocycles. The van der Waals surface area contributed by atoms with Crippen LogP contribution in [0.4, 0.5) is 13.2 Å². The van der Waals surface area contributed by atoms with E-state index >= 15 is 0 Å². The summed E-state index contributed by atoms with van der Waals surface area (Å²) in [4.78, 5) is 12.1. The van der Waals surface area contributed by atoms with E-state index in [1.54, 1.807) is 4.90 Å². The number of halogens is 3. The van der Waals surface area contributed by atoms with Crippen LogP contribution in [0.3, 0.4) is 0 Å². The first kappa shape index (κ1) is 12.4. The molecule has 0 aromatic heterocycles. The average Bonchev–Trinajstić information content (AvgIpc) is 2.78. The number of alkyl halides is 3. The molecule has 0 aliphatic carbocycles. The van der Waals surface area contributed by atoms with Crippen LogP contribution in [-0.4, -0.2) is 53.1 Å². The minimum atomic E-state index is -4.46. The highest BCUT2D eigenvalue weighted by Gasteiger charge is 2.38. The Morgan fingerprint density at radius 3 is 2.35 bits per heavy atom. The molecule has 9 heteroatoms. The summed E-state index contributed by atoms with van der Waals surface area (Å²) >= 11 is 0. The van der Waals surface area contributed by atoms with Gasteiger partial charge in [0.25, 0.3) is 0 Å². The van der Waals surface area contributed by atoms with Crippen LogP contribution in [0.5, 0.6) is 0 Å². The first-order chi connectivity index (χ1) is 8.00. The normalized spacial score (nSPS) is 26.2. The van der Waals surface area contributed by atoms with Gasteiger partial charge < -0.3 is 4.90 Å². The highest BCUT2D eigenvalue weighted by atomic mass is 32.2. The van der Waals surface area contributed by atoms with E-state index < -0.39 is 17.2 Å². The van der Waals surface area contributed by atoms with Crippen LogP contribution >= 0.6 is 0 Å². The van der Waals surface area contributed by atoms with Crippen molar-refractivity contribution in [2.45, 2.75) is 6.30 Å². The van der Waals surface area contributed by atoms with E-state index in [-0.39, 0.29) is 5.01 Å². The Hall–Kier alpha value is -1.09. The summed E-state index contributed by atoms with van der Waals surface area (Å²) in [7, 11) is -0.866. The Kier molecular flexibility index (Phi) is 3.38. The van der Waals surface area contributed by atoms with Crippen molar-refractivity contribution >= 4 is 17.3 Å². The third-order valence-electron chi connectivity index (χ3n) is 2.44. The summed E-state index contributed by atoms with van der Waals surface area (Å²) < 4.78 is 42.4. The fraction of sp³-hybridized carbons (Fsp3) is 0.625. The maximum atomic E-state index is 12.3. The van der Waals surface area contributed by atoms with E-state index in [9.17, 15) is 18.0 Å². The summed E-state index contributed by atoms with van der Waals surface area (Å²) in [5.74, 6) is 0. The summed E-state index contributed by atoms with van der Waals surface area (Å²) in [6, 6.07) is 0. The molecule has 0 N–H and O–H groups in total. The van der Waals surface area contributed by atoms with Crippen LogP contribution in [0.25, 0.3) is 0 Å². The second-order valence-corrected chi connectivity index (χ2v) is 5.08. The fourth-order valence-electron chi connectivity index (χ4n) is 1.52. The largest absolute Gasteiger partial charge is 0.505 e. The molecule has 1 atom stereocenters. The van der Waals surface area contributed by atoms with E-state index in [2.05, 4.69) is 4.47 Å². The molecule has 0 radical (unpaired) electrons. The minimum absolute atomic E-state index is 0.0300. The van der Waals surface area contributed by atoms with E-state index in [0.29, 0.717) is 26.2 Å². The number of hydrogen-bond donors (Lipinski definition) is 0. The third kappa shape index (κ3) is 2.78. The van der Waals surface area contributed by atoms with Gasteiger partial charge in [-0.15, -0.1) is 17.6 Å². The van der Waals surface area contributed by atoms with Gasteiger partial charge in [-0.25, -0.2) is 4.31 Å². The van der Waals surface area contributed by atoms with Gasteiger partial charge in [0.1, 0.15) is 0 Å². The summed E-state index contributed by atoms with van der Waals surface area (Å²) in [5, 5.41) is 1.46. The zero-order chi connectivity index (χ0) is 12.5. The van der Waals surface area contributed by atoms with Gasteiger partial charge in [-0.1, -0.05) is 0 Å². The van der Waals surface area contributed by atoms with Gasteiger partial charge in [0.05, 0.1) is 0 Å². The molecule has 17 heavy (non-hydrogen) atoms. The molecule has 1 amide bonds. The Morgan fingerprint density at radius 2 is 1.88 bits per heavy atom. The van der Waals surface area contributed by atoms with E-state index in [4.69, 9.17) is 0 Å². The second-order valence-electron chi connectivity index (χ2n) is 3.54. The molecule has 2 rings (SSSR count). The third-order valence-corrected chi connectivity index (χ3v) is 4.04. The minimum Gasteiger partial charge on any atom is -0.343 e. The summed E-state index contributed by atoms with van der Waals surface area (Å²) in [5.41, 5.74) is 0. The van der Waals surface area contributed by atoms with Crippen LogP contribution < -0.4 is 0 Å². The topological polar surface area (TPSA) is 39.2 Å². The lowest BCUT2D eigenvalue weighted by Crippen LogP contribution is -2.45. The van der Waals surface area contributed by atoms with Gasteiger partial charge in [0.2, 0.25) is 6.41 Å². The van der Waals surface area contributed by atoms with Crippen molar-refractivity contribution in [2.75, 3.05) is 26.2 Å². The van der Waals surface area contributed by atoms with Crippen LogP contribution in [0.15, 0.2) is 16.1 Å². The number of carbonyl (C=O) groups is 1. The molecule has 0 saturated carbocycles. The molecule has 2 aliphatic rings. The molecule has 0 aromatic carbocycles. The number of amides is 1. The van der Waals surface area contributed by atoms with Crippen molar-refractivity contribution in [1.82, 2.24) is 14.2 Å². The lowest BCUT2D eigenvalue weighted by molar-refractivity contribution is -0.226. The van der Waals surface area contributed by atoms with Crippen molar-refractivity contribution in [2.24, 2.45) is 4.47 Å². The highest BCUT2D eigenvalue weighted by molar-refractivity contribution is 7.88. The van der Waals surface area contributed by atoms with Crippen molar-refractivity contribution in [1.29, 1.82) is 0 Å². The fourth-order valence-corrected chi connectivity index (χ4v) is 2.94. The Morgan fingerprint density at radius 1 is 1.24 bits per heavy atom. The first-order valence-corrected chi connectivity index (χ1v) is 6.14. The van der Waals surface area contributed by atoms with Gasteiger partial charge in [-0.3, -0.25) is 4.79 Å². The van der Waals surface area contributed by atoms with E-state index in [1.807, 2.05) is 4.31 Å². The monoisotopic (exact) mass is 268 g/mol. The summed E-state index contributed by atoms with van der Waals surface area (Å²) in [6.45, 7) is 2.15. The number of carbonyl (C=O) groups excluding carboxylic acids is 1. The average molecular weight is 268 g/mol. The van der Waals surface area contributed by atoms with Crippen LogP contribution in [-0.2, 0) is 15.7 Å². The van der Waals surface area contributed by atoms with Gasteiger partial charge in [0.15, 0.2) is 0 Å². The van der Waals surface area contributed by atoms with E-state index in [1.165, 1.54) is 5.41 Å². The highest BCUT2D eigenvalue weighted by Crippen LogP contribution is 2.26. The summed E-state index contributed by atoms with van der Waals surface area (Å²) in [6.07, 6.45) is -2.76.